The molecule has 8 heteroatoms. The minimum absolute atomic E-state index is 0.0318. The molecule has 2 aliphatic rings. The van der Waals surface area contributed by atoms with Crippen LogP contribution in [0.25, 0.3) is 0 Å². The van der Waals surface area contributed by atoms with Crippen LogP contribution < -0.4 is 5.32 Å². The highest BCUT2D eigenvalue weighted by Gasteiger charge is 2.31. The minimum atomic E-state index is -2.92. The Bertz CT molecular complexity index is 958. The predicted octanol–water partition coefficient (Wildman–Crippen LogP) is 1.85. The maximum absolute atomic E-state index is 11.8. The van der Waals surface area contributed by atoms with Crippen LogP contribution in [-0.2, 0) is 27.7 Å². The third-order valence-corrected chi connectivity index (χ3v) is 7.93. The smallest absolute Gasteiger partial charge is 0.152 e. The van der Waals surface area contributed by atoms with Crippen molar-refractivity contribution in [2.45, 2.75) is 45.5 Å². The minimum Gasteiger partial charge on any atom is -0.374 e. The molecule has 0 spiro atoms. The zero-order chi connectivity index (χ0) is 21.1. The van der Waals surface area contributed by atoms with E-state index in [-0.39, 0.29) is 23.7 Å². The number of ether oxygens (including phenoxy) is 1. The Hall–Kier alpha value is -1.74. The molecule has 0 unspecified atom stereocenters. The Labute approximate surface area is 179 Å². The van der Waals surface area contributed by atoms with E-state index in [4.69, 9.17) is 4.74 Å². The maximum atomic E-state index is 11.8. The summed E-state index contributed by atoms with van der Waals surface area (Å²) in [5.41, 5.74) is 4.53. The summed E-state index contributed by atoms with van der Waals surface area (Å²) < 4.78 is 31.6. The van der Waals surface area contributed by atoms with Crippen LogP contribution in [0.15, 0.2) is 30.3 Å². The maximum Gasteiger partial charge on any atom is 0.152 e. The fraction of sp³-hybridized carbons (Fsp3) is 0.591. The number of nitrogens with one attached hydrogen (secondary N) is 1. The fourth-order valence-electron chi connectivity index (χ4n) is 4.52. The van der Waals surface area contributed by atoms with Crippen molar-refractivity contribution in [2.75, 3.05) is 37.7 Å². The molecule has 2 atom stereocenters. The second-order valence-electron chi connectivity index (χ2n) is 8.50. The van der Waals surface area contributed by atoms with Crippen molar-refractivity contribution in [3.8, 4) is 0 Å². The van der Waals surface area contributed by atoms with Gasteiger partial charge < -0.3 is 10.1 Å². The van der Waals surface area contributed by atoms with Crippen molar-refractivity contribution in [1.29, 1.82) is 0 Å². The first-order valence-corrected chi connectivity index (χ1v) is 12.6. The molecular formula is C22H32N4O3S. The van der Waals surface area contributed by atoms with Gasteiger partial charge in [-0.3, -0.25) is 9.58 Å². The number of rotatable bonds is 7. The van der Waals surface area contributed by atoms with Gasteiger partial charge >= 0.3 is 0 Å². The molecule has 30 heavy (non-hydrogen) atoms. The lowest BCUT2D eigenvalue weighted by Gasteiger charge is -2.33. The average Bonchev–Trinajstić information content (AvgIpc) is 3.22. The number of sulfone groups is 1. The number of nitrogens with zero attached hydrogens (tertiary/aromatic N) is 3. The second kappa shape index (κ2) is 9.18. The van der Waals surface area contributed by atoms with E-state index >= 15 is 0 Å². The third kappa shape index (κ3) is 5.11. The lowest BCUT2D eigenvalue weighted by atomic mass is 10.1. The molecule has 2 aliphatic heterocycles. The molecule has 2 fully saturated rings. The van der Waals surface area contributed by atoms with E-state index in [0.29, 0.717) is 6.42 Å². The molecule has 164 valence electrons. The molecule has 0 bridgehead atoms. The van der Waals surface area contributed by atoms with Crippen molar-refractivity contribution in [3.63, 3.8) is 0 Å². The Morgan fingerprint density at radius 2 is 2.03 bits per heavy atom. The van der Waals surface area contributed by atoms with E-state index < -0.39 is 9.84 Å². The van der Waals surface area contributed by atoms with Gasteiger partial charge in [-0.25, -0.2) is 8.42 Å². The second-order valence-corrected chi connectivity index (χ2v) is 10.7. The van der Waals surface area contributed by atoms with Gasteiger partial charge in [-0.2, -0.15) is 5.10 Å². The molecule has 7 nitrogen and oxygen atoms in total. The van der Waals surface area contributed by atoms with Crippen molar-refractivity contribution in [1.82, 2.24) is 20.0 Å². The van der Waals surface area contributed by atoms with Gasteiger partial charge in [-0.05, 0) is 25.8 Å². The molecule has 3 heterocycles. The summed E-state index contributed by atoms with van der Waals surface area (Å²) in [4.78, 5) is 2.44. The van der Waals surface area contributed by atoms with Crippen molar-refractivity contribution in [3.05, 3.63) is 52.8 Å². The van der Waals surface area contributed by atoms with Gasteiger partial charge in [0, 0.05) is 44.0 Å². The molecule has 2 aromatic rings. The van der Waals surface area contributed by atoms with Crippen molar-refractivity contribution in [2.24, 2.45) is 0 Å². The number of aromatic nitrogens is 2. The molecule has 1 N–H and O–H groups in total. The Balaban J connectivity index is 1.30. The molecule has 1 aromatic heterocycles. The monoisotopic (exact) mass is 432 g/mol. The molecule has 0 radical (unpaired) electrons. The summed E-state index contributed by atoms with van der Waals surface area (Å²) in [6.07, 6.45) is 0.822. The van der Waals surface area contributed by atoms with Crippen LogP contribution in [0.5, 0.6) is 0 Å². The first-order chi connectivity index (χ1) is 14.4. The highest BCUT2D eigenvalue weighted by Crippen LogP contribution is 2.26. The zero-order valence-electron chi connectivity index (χ0n) is 17.9. The van der Waals surface area contributed by atoms with Gasteiger partial charge in [-0.1, -0.05) is 30.3 Å². The normalized spacial score (nSPS) is 24.3. The van der Waals surface area contributed by atoms with E-state index in [1.165, 1.54) is 5.56 Å². The zero-order valence-corrected chi connectivity index (χ0v) is 18.7. The first kappa shape index (κ1) is 21.5. The molecule has 1 aromatic carbocycles. The summed E-state index contributed by atoms with van der Waals surface area (Å²) in [7, 11) is -2.92. The van der Waals surface area contributed by atoms with Gasteiger partial charge in [0.15, 0.2) is 9.84 Å². The summed E-state index contributed by atoms with van der Waals surface area (Å²) in [6, 6.07) is 10.5. The Morgan fingerprint density at radius 3 is 2.77 bits per heavy atom. The summed E-state index contributed by atoms with van der Waals surface area (Å²) in [5.74, 6) is 0.469. The quantitative estimate of drug-likeness (QED) is 0.720. The van der Waals surface area contributed by atoms with E-state index in [2.05, 4.69) is 39.6 Å². The lowest BCUT2D eigenvalue weighted by Crippen LogP contribution is -2.46. The largest absolute Gasteiger partial charge is 0.374 e. The fourth-order valence-corrected chi connectivity index (χ4v) is 6.22. The SMILES string of the molecule is Cc1nn([C@@H]2CCS(=O)(=O)C2)c(C)c1CNC[C@@H]1CN(Cc2ccccc2)CCO1. The third-order valence-electron chi connectivity index (χ3n) is 6.17. The Morgan fingerprint density at radius 1 is 1.23 bits per heavy atom. The molecule has 0 aliphatic carbocycles. The first-order valence-electron chi connectivity index (χ1n) is 10.7. The number of aryl methyl sites for hydroxylation is 1. The predicted molar refractivity (Wildman–Crippen MR) is 117 cm³/mol. The lowest BCUT2D eigenvalue weighted by molar-refractivity contribution is -0.0300. The summed E-state index contributed by atoms with van der Waals surface area (Å²) >= 11 is 0. The number of morpholine rings is 1. The standard InChI is InChI=1S/C22H32N4O3S/c1-17-22(18(2)26(24-17)20-8-11-30(27,28)16-20)13-23-12-21-15-25(9-10-29-21)14-19-6-4-3-5-7-19/h3-7,20-21,23H,8-16H2,1-2H3/t20-,21-/m1/s1. The van der Waals surface area contributed by atoms with Crippen LogP contribution >= 0.6 is 0 Å². The van der Waals surface area contributed by atoms with Crippen LogP contribution in [0.4, 0.5) is 0 Å². The highest BCUT2D eigenvalue weighted by molar-refractivity contribution is 7.91. The number of hydrogen-bond donors (Lipinski definition) is 1. The molecule has 0 saturated carbocycles. The molecule has 2 saturated heterocycles. The van der Waals surface area contributed by atoms with Gasteiger partial charge in [0.2, 0.25) is 0 Å². The van der Waals surface area contributed by atoms with E-state index in [9.17, 15) is 8.42 Å². The topological polar surface area (TPSA) is 76.5 Å². The summed E-state index contributed by atoms with van der Waals surface area (Å²) in [6.45, 7) is 9.13. The Kier molecular flexibility index (Phi) is 6.57. The van der Waals surface area contributed by atoms with E-state index in [1.54, 1.807) is 0 Å². The van der Waals surface area contributed by atoms with Crippen molar-refractivity contribution >= 4 is 9.84 Å². The van der Waals surface area contributed by atoms with Crippen LogP contribution in [0.2, 0.25) is 0 Å². The van der Waals surface area contributed by atoms with Gasteiger partial charge in [0.1, 0.15) is 0 Å². The van der Waals surface area contributed by atoms with Crippen LogP contribution in [0.1, 0.15) is 35.0 Å². The number of hydrogen-bond acceptors (Lipinski definition) is 6. The summed E-state index contributed by atoms with van der Waals surface area (Å²) in [5, 5.41) is 8.19. The molecule has 0 amide bonds. The molecular weight excluding hydrogens is 400 g/mol. The van der Waals surface area contributed by atoms with Crippen LogP contribution in [0, 0.1) is 13.8 Å². The highest BCUT2D eigenvalue weighted by atomic mass is 32.2. The van der Waals surface area contributed by atoms with Crippen molar-refractivity contribution < 1.29 is 13.2 Å². The van der Waals surface area contributed by atoms with Gasteiger partial charge in [0.05, 0.1) is 36.0 Å². The van der Waals surface area contributed by atoms with E-state index in [0.717, 1.165) is 56.3 Å². The van der Waals surface area contributed by atoms with Crippen LogP contribution in [0.3, 0.4) is 0 Å². The van der Waals surface area contributed by atoms with Gasteiger partial charge in [-0.15, -0.1) is 0 Å². The van der Waals surface area contributed by atoms with Gasteiger partial charge in [0.25, 0.3) is 0 Å². The van der Waals surface area contributed by atoms with E-state index in [1.807, 2.05) is 24.6 Å². The van der Waals surface area contributed by atoms with Crippen LogP contribution in [-0.4, -0.2) is 66.9 Å². The molecule has 4 rings (SSSR count). The average molecular weight is 433 g/mol. The number of benzene rings is 1.